The van der Waals surface area contributed by atoms with Crippen molar-refractivity contribution in [3.8, 4) is 18.1 Å². The molecular weight excluding hydrogens is 503 g/mol. The van der Waals surface area contributed by atoms with Gasteiger partial charge in [-0.3, -0.25) is 14.1 Å². The number of rotatable bonds is 10. The largest absolute Gasteiger partial charge is 0.463 e. The Labute approximate surface area is 215 Å². The second kappa shape index (κ2) is 11.5. The van der Waals surface area contributed by atoms with Gasteiger partial charge in [-0.1, -0.05) is 37.6 Å². The number of esters is 1. The Morgan fingerprint density at radius 3 is 2.59 bits per heavy atom. The van der Waals surface area contributed by atoms with Crippen LogP contribution in [-0.2, 0) is 28.2 Å². The Balaban J connectivity index is 1.83. The molecule has 0 saturated carbocycles. The highest BCUT2D eigenvalue weighted by molar-refractivity contribution is 7.54. The van der Waals surface area contributed by atoms with E-state index in [9.17, 15) is 24.4 Å². The Kier molecular flexibility index (Phi) is 8.84. The molecule has 3 rings (SSSR count). The second-order valence-electron chi connectivity index (χ2n) is 8.99. The molecule has 0 unspecified atom stereocenters. The van der Waals surface area contributed by atoms with Crippen molar-refractivity contribution in [1.82, 2.24) is 10.2 Å². The van der Waals surface area contributed by atoms with Gasteiger partial charge in [0.25, 0.3) is 5.91 Å². The van der Waals surface area contributed by atoms with Crippen molar-refractivity contribution < 1.29 is 42.9 Å². The van der Waals surface area contributed by atoms with Gasteiger partial charge in [0.15, 0.2) is 11.8 Å². The molecule has 0 radical (unpaired) electrons. The summed E-state index contributed by atoms with van der Waals surface area (Å²) in [6, 6.07) is 8.20. The fraction of sp³-hybridized carbons (Fsp3) is 0.440. The molecule has 12 heteroatoms. The van der Waals surface area contributed by atoms with Crippen molar-refractivity contribution in [1.29, 1.82) is 0 Å². The van der Waals surface area contributed by atoms with E-state index in [0.29, 0.717) is 0 Å². The van der Waals surface area contributed by atoms with Crippen LogP contribution in [0.3, 0.4) is 0 Å². The molecule has 0 aliphatic carbocycles. The molecule has 0 aromatic heterocycles. The Morgan fingerprint density at radius 1 is 1.32 bits per heavy atom. The number of amides is 1. The van der Waals surface area contributed by atoms with Gasteiger partial charge in [-0.15, -0.1) is 6.42 Å². The van der Waals surface area contributed by atoms with E-state index in [1.807, 2.05) is 0 Å². The molecule has 2 aliphatic rings. The molecule has 1 saturated heterocycles. The Hall–Kier alpha value is -3.13. The first kappa shape index (κ1) is 28.4. The first-order chi connectivity index (χ1) is 17.4. The van der Waals surface area contributed by atoms with Crippen molar-refractivity contribution in [2.24, 2.45) is 5.92 Å². The number of carbonyl (C=O) groups is 2. The topological polar surface area (TPSA) is 144 Å². The van der Waals surface area contributed by atoms with E-state index in [4.69, 9.17) is 24.9 Å². The summed E-state index contributed by atoms with van der Waals surface area (Å²) in [5, 5.41) is 24.0. The maximum atomic E-state index is 13.9. The predicted molar refractivity (Wildman–Crippen MR) is 133 cm³/mol. The number of hydrogen-bond donors (Lipinski definition) is 3. The lowest BCUT2D eigenvalue weighted by atomic mass is 9.97. The molecular formula is C25H31N2O9P. The van der Waals surface area contributed by atoms with Crippen molar-refractivity contribution in [2.75, 3.05) is 12.8 Å². The van der Waals surface area contributed by atoms with Gasteiger partial charge in [0.2, 0.25) is 0 Å². The Morgan fingerprint density at radius 2 is 2.00 bits per heavy atom. The molecule has 37 heavy (non-hydrogen) atoms. The third kappa shape index (κ3) is 6.60. The first-order valence-corrected chi connectivity index (χ1v) is 13.3. The summed E-state index contributed by atoms with van der Waals surface area (Å²) >= 11 is 0. The standard InChI is InChI=1S/C25H31N2O9P/c1-6-25(22(30)21(29)23(35-25)27-13-12-20(28)26-18(27)5)15-33-37(32,36-19-10-8-7-9-11-19)14-17(4)24(31)34-16(2)3/h1,7-13,16-17,21-23,29-30H,5,14-15H2,2-4H3,(H,26,28)/t17-,21-,22+,23-,25-,37-/m1/s1. The molecule has 1 aromatic carbocycles. The van der Waals surface area contributed by atoms with Crippen molar-refractivity contribution in [3.05, 3.63) is 55.0 Å². The van der Waals surface area contributed by atoms with Crippen LogP contribution in [0.4, 0.5) is 0 Å². The minimum atomic E-state index is -4.09. The number of aliphatic hydroxyl groups is 2. The SMILES string of the molecule is C#C[C@]1(CO[P@](=O)(C[C@@H](C)C(=O)OC(C)C)Oc2ccccc2)O[C@@H](N2C=CC(=O)NC2=C)[C@H](O)[C@@H]1O. The lowest BCUT2D eigenvalue weighted by Crippen LogP contribution is -2.46. The van der Waals surface area contributed by atoms with Crippen LogP contribution >= 0.6 is 7.60 Å². The van der Waals surface area contributed by atoms with Crippen LogP contribution in [0.15, 0.2) is 55.0 Å². The van der Waals surface area contributed by atoms with Gasteiger partial charge in [0.05, 0.1) is 18.2 Å². The first-order valence-electron chi connectivity index (χ1n) is 11.6. The molecule has 0 spiro atoms. The zero-order chi connectivity index (χ0) is 27.4. The summed E-state index contributed by atoms with van der Waals surface area (Å²) in [4.78, 5) is 25.2. The molecule has 6 atom stereocenters. The van der Waals surface area contributed by atoms with E-state index in [-0.39, 0.29) is 23.8 Å². The zero-order valence-corrected chi connectivity index (χ0v) is 21.7. The van der Waals surface area contributed by atoms with Gasteiger partial charge >= 0.3 is 13.6 Å². The number of aliphatic hydroxyl groups excluding tert-OH is 2. The maximum Gasteiger partial charge on any atom is 0.380 e. The molecule has 2 aliphatic heterocycles. The molecule has 3 N–H and O–H groups in total. The monoisotopic (exact) mass is 534 g/mol. The number of hydrogen-bond acceptors (Lipinski definition) is 10. The van der Waals surface area contributed by atoms with Gasteiger partial charge in [-0.25, -0.2) is 4.57 Å². The number of terminal acetylenes is 1. The van der Waals surface area contributed by atoms with E-state index in [1.54, 1.807) is 44.2 Å². The van der Waals surface area contributed by atoms with Crippen LogP contribution in [0.1, 0.15) is 20.8 Å². The van der Waals surface area contributed by atoms with Crippen LogP contribution in [-0.4, -0.2) is 69.9 Å². The third-order valence-corrected chi connectivity index (χ3v) is 7.63. The number of ether oxygens (including phenoxy) is 2. The van der Waals surface area contributed by atoms with Crippen molar-refractivity contribution in [2.45, 2.75) is 50.9 Å². The summed E-state index contributed by atoms with van der Waals surface area (Å²) < 4.78 is 36.3. The fourth-order valence-electron chi connectivity index (χ4n) is 3.72. The molecule has 0 bridgehead atoms. The molecule has 1 amide bonds. The number of para-hydroxylation sites is 1. The third-order valence-electron chi connectivity index (χ3n) is 5.62. The summed E-state index contributed by atoms with van der Waals surface area (Å²) in [5.74, 6) is 0.729. The van der Waals surface area contributed by atoms with E-state index < -0.39 is 56.0 Å². The molecule has 200 valence electrons. The average molecular weight is 535 g/mol. The number of nitrogens with one attached hydrogen (secondary N) is 1. The number of nitrogens with zero attached hydrogens (tertiary/aromatic N) is 1. The van der Waals surface area contributed by atoms with Crippen LogP contribution < -0.4 is 9.84 Å². The van der Waals surface area contributed by atoms with Gasteiger partial charge in [0.1, 0.15) is 30.4 Å². The van der Waals surface area contributed by atoms with Crippen LogP contribution in [0.25, 0.3) is 0 Å². The normalized spacial score (nSPS) is 27.8. The predicted octanol–water partition coefficient (Wildman–Crippen LogP) is 1.73. The van der Waals surface area contributed by atoms with Gasteiger partial charge < -0.3 is 34.4 Å². The van der Waals surface area contributed by atoms with Crippen molar-refractivity contribution >= 4 is 19.5 Å². The van der Waals surface area contributed by atoms with E-state index >= 15 is 0 Å². The quantitative estimate of drug-likeness (QED) is 0.231. The smallest absolute Gasteiger partial charge is 0.380 e. The highest BCUT2D eigenvalue weighted by atomic mass is 31.2. The molecule has 2 heterocycles. The van der Waals surface area contributed by atoms with E-state index in [1.165, 1.54) is 24.1 Å². The lowest BCUT2D eigenvalue weighted by molar-refractivity contribution is -0.151. The summed E-state index contributed by atoms with van der Waals surface area (Å²) in [6.07, 6.45) is 3.01. The minimum absolute atomic E-state index is 0.0908. The van der Waals surface area contributed by atoms with E-state index in [0.717, 1.165) is 0 Å². The molecule has 1 aromatic rings. The van der Waals surface area contributed by atoms with Crippen LogP contribution in [0, 0.1) is 18.3 Å². The van der Waals surface area contributed by atoms with Gasteiger partial charge in [-0.2, -0.15) is 0 Å². The highest BCUT2D eigenvalue weighted by Crippen LogP contribution is 2.51. The summed E-state index contributed by atoms with van der Waals surface area (Å²) in [5.41, 5.74) is -1.95. The maximum absolute atomic E-state index is 13.9. The van der Waals surface area contributed by atoms with Crippen LogP contribution in [0.2, 0.25) is 0 Å². The summed E-state index contributed by atoms with van der Waals surface area (Å²) in [7, 11) is -4.09. The summed E-state index contributed by atoms with van der Waals surface area (Å²) in [6.45, 7) is 7.96. The minimum Gasteiger partial charge on any atom is -0.463 e. The number of carbonyl (C=O) groups excluding carboxylic acids is 2. The molecule has 11 nitrogen and oxygen atoms in total. The van der Waals surface area contributed by atoms with Crippen molar-refractivity contribution in [3.63, 3.8) is 0 Å². The average Bonchev–Trinajstić information content (AvgIpc) is 3.08. The highest BCUT2D eigenvalue weighted by Gasteiger charge is 2.56. The van der Waals surface area contributed by atoms with E-state index in [2.05, 4.69) is 17.8 Å². The lowest BCUT2D eigenvalue weighted by Gasteiger charge is -2.33. The van der Waals surface area contributed by atoms with Gasteiger partial charge in [-0.05, 0) is 26.0 Å². The zero-order valence-electron chi connectivity index (χ0n) is 20.8. The fourth-order valence-corrected chi connectivity index (χ4v) is 5.61. The second-order valence-corrected chi connectivity index (χ2v) is 11.0. The Bertz CT molecular complexity index is 1130. The number of benzene rings is 1. The molecule has 1 fully saturated rings. The van der Waals surface area contributed by atoms with Crippen LogP contribution in [0.5, 0.6) is 5.75 Å². The van der Waals surface area contributed by atoms with Gasteiger partial charge in [0, 0.05) is 12.3 Å².